The quantitative estimate of drug-likeness (QED) is 0.513. The third-order valence-corrected chi connectivity index (χ3v) is 6.39. The summed E-state index contributed by atoms with van der Waals surface area (Å²) in [5.74, 6) is -0.649. The molecule has 1 saturated heterocycles. The van der Waals surface area contributed by atoms with E-state index in [4.69, 9.17) is 0 Å². The molecule has 4 rings (SSSR count). The number of anilines is 1. The second kappa shape index (κ2) is 11.1. The molecular weight excluding hydrogens is 429 g/mol. The molecule has 3 aromatic rings. The van der Waals surface area contributed by atoms with Crippen LogP contribution in [0.4, 0.5) is 10.1 Å². The van der Waals surface area contributed by atoms with E-state index in [0.717, 1.165) is 18.7 Å². The highest BCUT2D eigenvalue weighted by atomic mass is 19.1. The van der Waals surface area contributed by atoms with E-state index >= 15 is 0 Å². The van der Waals surface area contributed by atoms with Crippen molar-refractivity contribution in [1.82, 2.24) is 10.2 Å². The van der Waals surface area contributed by atoms with Gasteiger partial charge in [-0.05, 0) is 56.6 Å². The molecule has 5 nitrogen and oxygen atoms in total. The molecule has 176 valence electrons. The Morgan fingerprint density at radius 3 is 2.32 bits per heavy atom. The van der Waals surface area contributed by atoms with Crippen LogP contribution in [0.15, 0.2) is 78.9 Å². The van der Waals surface area contributed by atoms with Crippen LogP contribution in [0, 0.1) is 11.7 Å². The normalized spacial score (nSPS) is 15.5. The highest BCUT2D eigenvalue weighted by molar-refractivity contribution is 6.04. The van der Waals surface area contributed by atoms with Crippen molar-refractivity contribution >= 4 is 17.5 Å². The van der Waals surface area contributed by atoms with E-state index in [1.54, 1.807) is 30.3 Å². The fraction of sp³-hybridized carbons (Fsp3) is 0.286. The largest absolute Gasteiger partial charge is 0.345 e. The summed E-state index contributed by atoms with van der Waals surface area (Å²) in [5.41, 5.74) is 2.64. The van der Waals surface area contributed by atoms with E-state index in [0.29, 0.717) is 36.2 Å². The number of piperidine rings is 1. The third kappa shape index (κ3) is 5.88. The average molecular weight is 460 g/mol. The highest BCUT2D eigenvalue weighted by Crippen LogP contribution is 2.23. The Kier molecular flexibility index (Phi) is 7.70. The molecule has 0 bridgehead atoms. The van der Waals surface area contributed by atoms with E-state index in [1.807, 2.05) is 49.4 Å². The first-order valence-corrected chi connectivity index (χ1v) is 11.7. The van der Waals surface area contributed by atoms with Crippen molar-refractivity contribution in [3.8, 4) is 0 Å². The number of nitrogens with zero attached hydrogens (tertiary/aromatic N) is 1. The molecule has 1 aliphatic rings. The summed E-state index contributed by atoms with van der Waals surface area (Å²) in [6.45, 7) is 3.93. The monoisotopic (exact) mass is 459 g/mol. The third-order valence-electron chi connectivity index (χ3n) is 6.39. The van der Waals surface area contributed by atoms with Crippen LogP contribution in [0.1, 0.15) is 47.3 Å². The Balaban J connectivity index is 1.34. The van der Waals surface area contributed by atoms with Crippen LogP contribution >= 0.6 is 0 Å². The lowest BCUT2D eigenvalue weighted by Gasteiger charge is -2.31. The predicted molar refractivity (Wildman–Crippen MR) is 132 cm³/mol. The SMILES string of the molecule is C[C@H](NC(=O)c1ccccc1NC(=O)C1CCN(Cc2ccccc2F)CC1)c1ccccc1. The van der Waals surface area contributed by atoms with Crippen LogP contribution in [-0.2, 0) is 11.3 Å². The summed E-state index contributed by atoms with van der Waals surface area (Å²) in [5, 5.41) is 5.98. The van der Waals surface area contributed by atoms with Crippen LogP contribution < -0.4 is 10.6 Å². The number of amides is 2. The van der Waals surface area contributed by atoms with E-state index in [2.05, 4.69) is 15.5 Å². The summed E-state index contributed by atoms with van der Waals surface area (Å²) in [7, 11) is 0. The minimum absolute atomic E-state index is 0.0816. The maximum atomic E-state index is 13.9. The first-order chi connectivity index (χ1) is 16.5. The molecule has 0 spiro atoms. The van der Waals surface area contributed by atoms with Gasteiger partial charge < -0.3 is 10.6 Å². The maximum absolute atomic E-state index is 13.9. The van der Waals surface area contributed by atoms with Crippen molar-refractivity contribution < 1.29 is 14.0 Å². The standard InChI is InChI=1S/C28H30FN3O2/c1-20(21-9-3-2-4-10-21)30-28(34)24-12-6-8-14-26(24)31-27(33)22-15-17-32(18-16-22)19-23-11-5-7-13-25(23)29/h2-14,20,22H,15-19H2,1H3,(H,30,34)(H,31,33)/t20-/m0/s1. The first kappa shape index (κ1) is 23.6. The predicted octanol–water partition coefficient (Wildman–Crippen LogP) is 5.17. The molecule has 1 atom stereocenters. The summed E-state index contributed by atoms with van der Waals surface area (Å²) < 4.78 is 13.9. The zero-order valence-corrected chi connectivity index (χ0v) is 19.3. The number of benzene rings is 3. The minimum atomic E-state index is -0.230. The molecule has 34 heavy (non-hydrogen) atoms. The van der Waals surface area contributed by atoms with Gasteiger partial charge >= 0.3 is 0 Å². The molecule has 0 radical (unpaired) electrons. The molecule has 6 heteroatoms. The molecule has 0 unspecified atom stereocenters. The Hall–Kier alpha value is -3.51. The number of para-hydroxylation sites is 1. The molecule has 0 saturated carbocycles. The van der Waals surface area contributed by atoms with Crippen molar-refractivity contribution in [2.24, 2.45) is 5.92 Å². The van der Waals surface area contributed by atoms with Gasteiger partial charge in [0.2, 0.25) is 5.91 Å². The maximum Gasteiger partial charge on any atom is 0.253 e. The number of hydrogen-bond acceptors (Lipinski definition) is 3. The minimum Gasteiger partial charge on any atom is -0.345 e. The molecule has 1 fully saturated rings. The van der Waals surface area contributed by atoms with Gasteiger partial charge in [0.15, 0.2) is 0 Å². The van der Waals surface area contributed by atoms with Gasteiger partial charge in [0.1, 0.15) is 5.82 Å². The molecule has 0 aromatic heterocycles. The number of rotatable bonds is 7. The molecule has 0 aliphatic carbocycles. The molecule has 1 heterocycles. The van der Waals surface area contributed by atoms with Crippen molar-refractivity contribution in [3.05, 3.63) is 101 Å². The number of likely N-dealkylation sites (tertiary alicyclic amines) is 1. The van der Waals surface area contributed by atoms with Crippen LogP contribution in [-0.4, -0.2) is 29.8 Å². The van der Waals surface area contributed by atoms with Crippen molar-refractivity contribution in [2.75, 3.05) is 18.4 Å². The van der Waals surface area contributed by atoms with Gasteiger partial charge in [-0.2, -0.15) is 0 Å². The Morgan fingerprint density at radius 2 is 1.59 bits per heavy atom. The van der Waals surface area contributed by atoms with Gasteiger partial charge in [0.05, 0.1) is 17.3 Å². The van der Waals surface area contributed by atoms with Gasteiger partial charge in [-0.25, -0.2) is 4.39 Å². The number of hydrogen-bond donors (Lipinski definition) is 2. The summed E-state index contributed by atoms with van der Waals surface area (Å²) >= 11 is 0. The summed E-state index contributed by atoms with van der Waals surface area (Å²) in [6, 6.07) is 23.5. The average Bonchev–Trinajstić information content (AvgIpc) is 2.86. The molecule has 2 N–H and O–H groups in total. The van der Waals surface area contributed by atoms with Crippen molar-refractivity contribution in [1.29, 1.82) is 0 Å². The number of halogens is 1. The number of carbonyl (C=O) groups excluding carboxylic acids is 2. The van der Waals surface area contributed by atoms with Gasteiger partial charge in [0.25, 0.3) is 5.91 Å². The van der Waals surface area contributed by atoms with Crippen LogP contribution in [0.2, 0.25) is 0 Å². The van der Waals surface area contributed by atoms with Crippen LogP contribution in [0.5, 0.6) is 0 Å². The lowest BCUT2D eigenvalue weighted by atomic mass is 9.95. The van der Waals surface area contributed by atoms with Crippen molar-refractivity contribution in [3.63, 3.8) is 0 Å². The first-order valence-electron chi connectivity index (χ1n) is 11.7. The molecule has 1 aliphatic heterocycles. The molecular formula is C28H30FN3O2. The van der Waals surface area contributed by atoms with Gasteiger partial charge in [-0.15, -0.1) is 0 Å². The van der Waals surface area contributed by atoms with Crippen LogP contribution in [0.3, 0.4) is 0 Å². The Labute approximate surface area is 200 Å². The van der Waals surface area contributed by atoms with Crippen LogP contribution in [0.25, 0.3) is 0 Å². The Bertz CT molecular complexity index is 1130. The van der Waals surface area contributed by atoms with E-state index < -0.39 is 0 Å². The highest BCUT2D eigenvalue weighted by Gasteiger charge is 2.26. The van der Waals surface area contributed by atoms with E-state index in [1.165, 1.54) is 6.07 Å². The molecule has 2 amide bonds. The van der Waals surface area contributed by atoms with Crippen molar-refractivity contribution in [2.45, 2.75) is 32.4 Å². The summed E-state index contributed by atoms with van der Waals surface area (Å²) in [4.78, 5) is 28.1. The lowest BCUT2D eigenvalue weighted by molar-refractivity contribution is -0.121. The van der Waals surface area contributed by atoms with E-state index in [9.17, 15) is 14.0 Å². The number of carbonyl (C=O) groups is 2. The lowest BCUT2D eigenvalue weighted by Crippen LogP contribution is -2.38. The summed E-state index contributed by atoms with van der Waals surface area (Å²) in [6.07, 6.45) is 1.39. The van der Waals surface area contributed by atoms with Gasteiger partial charge in [-0.1, -0.05) is 60.7 Å². The molecule has 3 aromatic carbocycles. The second-order valence-electron chi connectivity index (χ2n) is 8.78. The zero-order chi connectivity index (χ0) is 23.9. The fourth-order valence-corrected chi connectivity index (χ4v) is 4.35. The number of nitrogens with one attached hydrogen (secondary N) is 2. The Morgan fingerprint density at radius 1 is 0.941 bits per heavy atom. The zero-order valence-electron chi connectivity index (χ0n) is 19.3. The smallest absolute Gasteiger partial charge is 0.253 e. The fourth-order valence-electron chi connectivity index (χ4n) is 4.35. The van der Waals surface area contributed by atoms with Gasteiger partial charge in [-0.3, -0.25) is 14.5 Å². The second-order valence-corrected chi connectivity index (χ2v) is 8.78. The van der Waals surface area contributed by atoms with Gasteiger partial charge in [0, 0.05) is 18.0 Å². The topological polar surface area (TPSA) is 61.4 Å². The van der Waals surface area contributed by atoms with E-state index in [-0.39, 0.29) is 29.6 Å².